The van der Waals surface area contributed by atoms with Crippen LogP contribution in [0.5, 0.6) is 5.75 Å². The minimum Gasteiger partial charge on any atom is -0.494 e. The van der Waals surface area contributed by atoms with Crippen LogP contribution in [0.1, 0.15) is 89.5 Å². The van der Waals surface area contributed by atoms with Gasteiger partial charge in [0.1, 0.15) is 5.75 Å². The van der Waals surface area contributed by atoms with Crippen molar-refractivity contribution < 1.29 is 4.74 Å². The smallest absolute Gasteiger partial charge is 0.119 e. The van der Waals surface area contributed by atoms with E-state index >= 15 is 0 Å². The number of azo groups is 2. The Labute approximate surface area is 251 Å². The van der Waals surface area contributed by atoms with Crippen LogP contribution >= 0.6 is 0 Å². The fourth-order valence-corrected chi connectivity index (χ4v) is 5.89. The van der Waals surface area contributed by atoms with E-state index in [1.807, 2.05) is 48.5 Å². The molecule has 0 aliphatic heterocycles. The van der Waals surface area contributed by atoms with Gasteiger partial charge in [-0.3, -0.25) is 0 Å². The van der Waals surface area contributed by atoms with Crippen LogP contribution in [0.25, 0.3) is 10.8 Å². The molecule has 0 aromatic heterocycles. The van der Waals surface area contributed by atoms with Gasteiger partial charge in [-0.15, -0.1) is 10.2 Å². The molecule has 4 aromatic rings. The summed E-state index contributed by atoms with van der Waals surface area (Å²) in [4.78, 5) is 0. The van der Waals surface area contributed by atoms with E-state index in [1.165, 1.54) is 63.4 Å². The largest absolute Gasteiger partial charge is 0.494 e. The highest BCUT2D eigenvalue weighted by Crippen LogP contribution is 2.38. The Balaban J connectivity index is 1.21. The summed E-state index contributed by atoms with van der Waals surface area (Å²) in [6, 6.07) is 28.6. The van der Waals surface area contributed by atoms with E-state index < -0.39 is 0 Å². The predicted molar refractivity (Wildman–Crippen MR) is 174 cm³/mol. The lowest BCUT2D eigenvalue weighted by molar-refractivity contribution is 0.304. The van der Waals surface area contributed by atoms with Crippen LogP contribution in [0.3, 0.4) is 0 Å². The minimum absolute atomic E-state index is 0.681. The molecule has 0 spiro atoms. The fraction of sp³-hybridized carbons (Fsp3) is 0.405. The van der Waals surface area contributed by atoms with Gasteiger partial charge >= 0.3 is 0 Å². The van der Waals surface area contributed by atoms with Crippen LogP contribution in [-0.2, 0) is 0 Å². The summed E-state index contributed by atoms with van der Waals surface area (Å²) in [5, 5.41) is 20.3. The lowest BCUT2D eigenvalue weighted by Crippen LogP contribution is -2.12. The van der Waals surface area contributed by atoms with Gasteiger partial charge in [-0.1, -0.05) is 82.3 Å². The molecule has 5 rings (SSSR count). The molecule has 4 aromatic carbocycles. The molecule has 42 heavy (non-hydrogen) atoms. The molecule has 0 radical (unpaired) electrons. The van der Waals surface area contributed by atoms with Crippen molar-refractivity contribution in [2.45, 2.75) is 84.0 Å². The van der Waals surface area contributed by atoms with Gasteiger partial charge in [0, 0.05) is 10.8 Å². The Hall–Kier alpha value is -3.86. The highest BCUT2D eigenvalue weighted by atomic mass is 16.5. The first-order chi connectivity index (χ1) is 20.7. The number of benzene rings is 4. The lowest BCUT2D eigenvalue weighted by atomic mass is 9.78. The van der Waals surface area contributed by atoms with Crippen molar-refractivity contribution in [3.8, 4) is 5.75 Å². The molecule has 5 nitrogen and oxygen atoms in total. The van der Waals surface area contributed by atoms with E-state index in [0.29, 0.717) is 5.92 Å². The zero-order valence-electron chi connectivity index (χ0n) is 25.2. The van der Waals surface area contributed by atoms with Gasteiger partial charge in [0.05, 0.1) is 29.4 Å². The highest BCUT2D eigenvalue weighted by molar-refractivity contribution is 5.99. The van der Waals surface area contributed by atoms with Gasteiger partial charge in [0.15, 0.2) is 0 Å². The van der Waals surface area contributed by atoms with E-state index in [0.717, 1.165) is 58.2 Å². The zero-order chi connectivity index (χ0) is 29.0. The highest BCUT2D eigenvalue weighted by Gasteiger charge is 2.21. The second-order valence-electron chi connectivity index (χ2n) is 11.5. The van der Waals surface area contributed by atoms with Crippen LogP contribution in [0.15, 0.2) is 105 Å². The molecule has 0 heterocycles. The number of hydrogen-bond acceptors (Lipinski definition) is 5. The molecule has 1 fully saturated rings. The SMILES string of the molecule is CCCCCCCOc1ccc(N=Nc2ccc(N=Nc3ccc(C4CCC(CC)CC4)cc3)c3ccccc23)cc1. The predicted octanol–water partition coefficient (Wildman–Crippen LogP) is 12.7. The molecular formula is C37H44N4O. The summed E-state index contributed by atoms with van der Waals surface area (Å²) in [5.41, 5.74) is 4.73. The summed E-state index contributed by atoms with van der Waals surface area (Å²) in [5.74, 6) is 2.47. The molecule has 5 heteroatoms. The third kappa shape index (κ3) is 8.12. The average Bonchev–Trinajstić information content (AvgIpc) is 3.05. The van der Waals surface area contributed by atoms with Crippen molar-refractivity contribution in [2.24, 2.45) is 26.4 Å². The van der Waals surface area contributed by atoms with Crippen LogP contribution in [0.4, 0.5) is 22.7 Å². The molecule has 1 aliphatic rings. The Morgan fingerprint density at radius 3 is 1.74 bits per heavy atom. The van der Waals surface area contributed by atoms with Crippen LogP contribution in [0.2, 0.25) is 0 Å². The Morgan fingerprint density at radius 1 is 0.595 bits per heavy atom. The van der Waals surface area contributed by atoms with E-state index in [4.69, 9.17) is 4.74 Å². The van der Waals surface area contributed by atoms with Crippen molar-refractivity contribution in [3.05, 3.63) is 90.5 Å². The molecule has 1 saturated carbocycles. The van der Waals surface area contributed by atoms with Crippen molar-refractivity contribution in [1.29, 1.82) is 0 Å². The lowest BCUT2D eigenvalue weighted by Gasteiger charge is -2.28. The molecule has 0 bridgehead atoms. The Kier molecular flexibility index (Phi) is 10.9. The Bertz CT molecular complexity index is 1450. The molecule has 0 unspecified atom stereocenters. The van der Waals surface area contributed by atoms with Crippen LogP contribution in [-0.4, -0.2) is 6.61 Å². The average molecular weight is 561 g/mol. The molecular weight excluding hydrogens is 516 g/mol. The van der Waals surface area contributed by atoms with E-state index in [2.05, 4.69) is 70.7 Å². The van der Waals surface area contributed by atoms with Crippen LogP contribution in [0, 0.1) is 5.92 Å². The monoisotopic (exact) mass is 560 g/mol. The Morgan fingerprint density at radius 2 is 1.17 bits per heavy atom. The zero-order valence-corrected chi connectivity index (χ0v) is 25.2. The van der Waals surface area contributed by atoms with E-state index in [1.54, 1.807) is 0 Å². The van der Waals surface area contributed by atoms with E-state index in [-0.39, 0.29) is 0 Å². The molecule has 1 aliphatic carbocycles. The van der Waals surface area contributed by atoms with Gasteiger partial charge in [0.2, 0.25) is 0 Å². The summed E-state index contributed by atoms with van der Waals surface area (Å²) >= 11 is 0. The number of fused-ring (bicyclic) bond motifs is 1. The number of hydrogen-bond donors (Lipinski definition) is 0. The van der Waals surface area contributed by atoms with Gasteiger partial charge < -0.3 is 4.74 Å². The van der Waals surface area contributed by atoms with Crippen molar-refractivity contribution >= 4 is 33.5 Å². The standard InChI is InChI=1S/C37H44N4O/c1-3-5-6-7-10-27-42-33-23-21-32(22-24-33)39-41-37-26-25-36(34-11-8-9-12-35(34)37)40-38-31-19-17-30(18-20-31)29-15-13-28(4-2)14-16-29/h8-9,11-12,17-26,28-29H,3-7,10,13-16,27H2,1-2H3. The maximum absolute atomic E-state index is 5.88. The normalized spacial score (nSPS) is 17.4. The quantitative estimate of drug-likeness (QED) is 0.118. The first-order valence-electron chi connectivity index (χ1n) is 15.9. The number of ether oxygens (including phenoxy) is 1. The van der Waals surface area contributed by atoms with Crippen molar-refractivity contribution in [3.63, 3.8) is 0 Å². The molecule has 0 atom stereocenters. The second-order valence-corrected chi connectivity index (χ2v) is 11.5. The van der Waals surface area contributed by atoms with Gasteiger partial charge in [0.25, 0.3) is 0 Å². The van der Waals surface area contributed by atoms with Crippen LogP contribution < -0.4 is 4.74 Å². The molecule has 0 N–H and O–H groups in total. The van der Waals surface area contributed by atoms with Gasteiger partial charge in [-0.2, -0.15) is 10.2 Å². The maximum Gasteiger partial charge on any atom is 0.119 e. The first-order valence-corrected chi connectivity index (χ1v) is 15.9. The summed E-state index contributed by atoms with van der Waals surface area (Å²) < 4.78 is 5.88. The third-order valence-corrected chi connectivity index (χ3v) is 8.57. The number of rotatable bonds is 13. The molecule has 0 saturated heterocycles. The third-order valence-electron chi connectivity index (χ3n) is 8.57. The van der Waals surface area contributed by atoms with E-state index in [9.17, 15) is 0 Å². The van der Waals surface area contributed by atoms with Crippen molar-refractivity contribution in [2.75, 3.05) is 6.61 Å². The van der Waals surface area contributed by atoms with Crippen molar-refractivity contribution in [1.82, 2.24) is 0 Å². The number of unbranched alkanes of at least 4 members (excludes halogenated alkanes) is 4. The fourth-order valence-electron chi connectivity index (χ4n) is 5.89. The molecule has 218 valence electrons. The topological polar surface area (TPSA) is 58.7 Å². The first kappa shape index (κ1) is 29.6. The van der Waals surface area contributed by atoms with Gasteiger partial charge in [-0.05, 0) is 98.0 Å². The minimum atomic E-state index is 0.681. The summed E-state index contributed by atoms with van der Waals surface area (Å²) in [6.07, 6.45) is 12.8. The second kappa shape index (κ2) is 15.4. The maximum atomic E-state index is 5.88. The molecule has 0 amide bonds. The summed E-state index contributed by atoms with van der Waals surface area (Å²) in [7, 11) is 0. The number of nitrogens with zero attached hydrogens (tertiary/aromatic N) is 4. The summed E-state index contributed by atoms with van der Waals surface area (Å²) in [6.45, 7) is 5.31. The van der Waals surface area contributed by atoms with Gasteiger partial charge in [-0.25, -0.2) is 0 Å².